The first-order valence-electron chi connectivity index (χ1n) is 6.50. The number of carbonyl (C=O) groups excluding carboxylic acids is 1. The van der Waals surface area contributed by atoms with Crippen LogP contribution in [0.2, 0.25) is 0 Å². The van der Waals surface area contributed by atoms with E-state index in [9.17, 15) is 14.7 Å². The van der Waals surface area contributed by atoms with E-state index in [0.29, 0.717) is 18.5 Å². The van der Waals surface area contributed by atoms with Crippen LogP contribution in [0.25, 0.3) is 11.0 Å². The number of amides is 1. The Hall–Kier alpha value is -2.37. The van der Waals surface area contributed by atoms with Crippen LogP contribution in [0.1, 0.15) is 29.2 Å². The Morgan fingerprint density at radius 3 is 2.95 bits per heavy atom. The number of nitrogens with zero attached hydrogens (tertiary/aromatic N) is 3. The van der Waals surface area contributed by atoms with Gasteiger partial charge in [-0.15, -0.1) is 0 Å². The van der Waals surface area contributed by atoms with Crippen molar-refractivity contribution in [2.24, 2.45) is 0 Å². The van der Waals surface area contributed by atoms with Crippen molar-refractivity contribution in [2.75, 3.05) is 13.6 Å². The van der Waals surface area contributed by atoms with Gasteiger partial charge >= 0.3 is 5.97 Å². The van der Waals surface area contributed by atoms with Gasteiger partial charge in [0.15, 0.2) is 0 Å². The van der Waals surface area contributed by atoms with Crippen LogP contribution in [0, 0.1) is 0 Å². The molecule has 1 aliphatic rings. The fourth-order valence-electron chi connectivity index (χ4n) is 2.74. The highest BCUT2D eigenvalue weighted by Gasteiger charge is 2.25. The molecule has 0 aliphatic carbocycles. The molecule has 3 rings (SSSR count). The van der Waals surface area contributed by atoms with E-state index in [1.165, 1.54) is 0 Å². The topological polar surface area (TPSA) is 75.4 Å². The molecule has 1 atom stereocenters. The van der Waals surface area contributed by atoms with Crippen molar-refractivity contribution in [3.8, 4) is 0 Å². The number of rotatable bonds is 2. The monoisotopic (exact) mass is 273 g/mol. The number of para-hydroxylation sites is 1. The van der Waals surface area contributed by atoms with Crippen LogP contribution in [0.4, 0.5) is 0 Å². The summed E-state index contributed by atoms with van der Waals surface area (Å²) in [5.74, 6) is -0.825. The molecule has 1 aromatic carbocycles. The average Bonchev–Trinajstić information content (AvgIpc) is 2.85. The van der Waals surface area contributed by atoms with Gasteiger partial charge in [0.1, 0.15) is 5.52 Å². The van der Waals surface area contributed by atoms with E-state index in [2.05, 4.69) is 4.98 Å². The van der Waals surface area contributed by atoms with E-state index in [0.717, 1.165) is 11.9 Å². The third kappa shape index (κ3) is 1.93. The zero-order valence-electron chi connectivity index (χ0n) is 11.1. The minimum absolute atomic E-state index is 0.145. The number of hydrogen-bond acceptors (Lipinski definition) is 3. The standard InChI is InChI=1S/C14H15N3O3/c1-16-7-9(5-6-12(16)18)17-8-15-13-10(14(19)20)3-2-4-11(13)17/h2-4,8-9H,5-7H2,1H3,(H,19,20). The van der Waals surface area contributed by atoms with E-state index >= 15 is 0 Å². The Morgan fingerprint density at radius 1 is 1.45 bits per heavy atom. The number of carbonyl (C=O) groups is 2. The van der Waals surface area contributed by atoms with Crippen LogP contribution in [0.3, 0.4) is 0 Å². The van der Waals surface area contributed by atoms with Gasteiger partial charge in [0.2, 0.25) is 5.91 Å². The first-order chi connectivity index (χ1) is 9.58. The van der Waals surface area contributed by atoms with Crippen LogP contribution in [-0.4, -0.2) is 45.0 Å². The Balaban J connectivity index is 2.03. The molecule has 1 saturated heterocycles. The van der Waals surface area contributed by atoms with Crippen LogP contribution in [0.5, 0.6) is 0 Å². The summed E-state index contributed by atoms with van der Waals surface area (Å²) in [6.07, 6.45) is 2.94. The molecule has 6 heteroatoms. The molecule has 0 saturated carbocycles. The SMILES string of the molecule is CN1CC(n2cnc3c(C(=O)O)cccc32)CCC1=O. The first-order valence-corrected chi connectivity index (χ1v) is 6.50. The van der Waals surface area contributed by atoms with Crippen molar-refractivity contribution < 1.29 is 14.7 Å². The zero-order valence-corrected chi connectivity index (χ0v) is 11.1. The van der Waals surface area contributed by atoms with E-state index < -0.39 is 5.97 Å². The predicted molar refractivity (Wildman–Crippen MR) is 72.6 cm³/mol. The summed E-state index contributed by atoms with van der Waals surface area (Å²) < 4.78 is 1.98. The molecule has 1 fully saturated rings. The lowest BCUT2D eigenvalue weighted by Gasteiger charge is -2.30. The van der Waals surface area contributed by atoms with Gasteiger partial charge in [-0.3, -0.25) is 4.79 Å². The molecule has 0 spiro atoms. The third-order valence-electron chi connectivity index (χ3n) is 3.83. The van der Waals surface area contributed by atoms with Crippen molar-refractivity contribution >= 4 is 22.9 Å². The number of aromatic carboxylic acids is 1. The second kappa shape index (κ2) is 4.63. The average molecular weight is 273 g/mol. The highest BCUT2D eigenvalue weighted by atomic mass is 16.4. The fraction of sp³-hybridized carbons (Fsp3) is 0.357. The molecule has 0 bridgehead atoms. The lowest BCUT2D eigenvalue weighted by Crippen LogP contribution is -2.37. The van der Waals surface area contributed by atoms with Gasteiger partial charge in [-0.25, -0.2) is 9.78 Å². The normalized spacial score (nSPS) is 19.6. The molecule has 0 radical (unpaired) electrons. The summed E-state index contributed by atoms with van der Waals surface area (Å²) in [5.41, 5.74) is 1.51. The Kier molecular flexibility index (Phi) is 2.93. The number of benzene rings is 1. The highest BCUT2D eigenvalue weighted by Crippen LogP contribution is 2.26. The minimum Gasteiger partial charge on any atom is -0.478 e. The number of carboxylic acids is 1. The molecule has 20 heavy (non-hydrogen) atoms. The largest absolute Gasteiger partial charge is 0.478 e. The van der Waals surface area contributed by atoms with Gasteiger partial charge in [0, 0.05) is 20.0 Å². The van der Waals surface area contributed by atoms with Crippen molar-refractivity contribution in [1.82, 2.24) is 14.5 Å². The number of fused-ring (bicyclic) bond motifs is 1. The first kappa shape index (κ1) is 12.7. The number of likely N-dealkylation sites (tertiary alicyclic amines) is 1. The summed E-state index contributed by atoms with van der Waals surface area (Å²) in [6, 6.07) is 5.29. The summed E-state index contributed by atoms with van der Waals surface area (Å²) >= 11 is 0. The Labute approximate surface area is 115 Å². The van der Waals surface area contributed by atoms with Crippen LogP contribution < -0.4 is 0 Å². The zero-order chi connectivity index (χ0) is 14.3. The van der Waals surface area contributed by atoms with Crippen molar-refractivity contribution in [3.63, 3.8) is 0 Å². The van der Waals surface area contributed by atoms with Gasteiger partial charge in [0.05, 0.1) is 23.4 Å². The smallest absolute Gasteiger partial charge is 0.337 e. The fourth-order valence-corrected chi connectivity index (χ4v) is 2.74. The summed E-state index contributed by atoms with van der Waals surface area (Å²) in [4.78, 5) is 28.7. The number of likely N-dealkylation sites (N-methyl/N-ethyl adjacent to an activating group) is 1. The molecule has 1 N–H and O–H groups in total. The molecule has 2 heterocycles. The summed E-state index contributed by atoms with van der Waals surface area (Å²) in [5, 5.41) is 9.18. The predicted octanol–water partition coefficient (Wildman–Crippen LogP) is 1.53. The Bertz CT molecular complexity index is 692. The minimum atomic E-state index is -0.975. The van der Waals surface area contributed by atoms with E-state index in [1.807, 2.05) is 10.6 Å². The molecular formula is C14H15N3O3. The van der Waals surface area contributed by atoms with Gasteiger partial charge in [-0.2, -0.15) is 0 Å². The lowest BCUT2D eigenvalue weighted by molar-refractivity contribution is -0.132. The number of imidazole rings is 1. The summed E-state index contributed by atoms with van der Waals surface area (Å²) in [6.45, 7) is 0.627. The molecule has 1 unspecified atom stereocenters. The van der Waals surface area contributed by atoms with Gasteiger partial charge in [-0.1, -0.05) is 6.07 Å². The highest BCUT2D eigenvalue weighted by molar-refractivity contribution is 6.00. The molecule has 104 valence electrons. The van der Waals surface area contributed by atoms with Crippen molar-refractivity contribution in [3.05, 3.63) is 30.1 Å². The molecule has 1 aromatic heterocycles. The second-order valence-corrected chi connectivity index (χ2v) is 5.10. The van der Waals surface area contributed by atoms with Crippen LogP contribution in [-0.2, 0) is 4.79 Å². The Morgan fingerprint density at radius 2 is 2.25 bits per heavy atom. The molecule has 6 nitrogen and oxygen atoms in total. The maximum atomic E-state index is 11.5. The number of carboxylic acid groups (broad SMARTS) is 1. The maximum absolute atomic E-state index is 11.5. The van der Waals surface area contributed by atoms with E-state index in [1.54, 1.807) is 30.4 Å². The molecule has 1 amide bonds. The molecule has 2 aromatic rings. The van der Waals surface area contributed by atoms with Crippen LogP contribution in [0.15, 0.2) is 24.5 Å². The van der Waals surface area contributed by atoms with E-state index in [4.69, 9.17) is 0 Å². The van der Waals surface area contributed by atoms with Crippen molar-refractivity contribution in [2.45, 2.75) is 18.9 Å². The summed E-state index contributed by atoms with van der Waals surface area (Å²) in [7, 11) is 1.79. The van der Waals surface area contributed by atoms with Crippen LogP contribution >= 0.6 is 0 Å². The quantitative estimate of drug-likeness (QED) is 0.900. The van der Waals surface area contributed by atoms with Crippen molar-refractivity contribution in [1.29, 1.82) is 0 Å². The molecule has 1 aliphatic heterocycles. The van der Waals surface area contributed by atoms with Gasteiger partial charge in [0.25, 0.3) is 0 Å². The number of piperidine rings is 1. The van der Waals surface area contributed by atoms with E-state index in [-0.39, 0.29) is 17.5 Å². The third-order valence-corrected chi connectivity index (χ3v) is 3.83. The number of hydrogen-bond donors (Lipinski definition) is 1. The molecular weight excluding hydrogens is 258 g/mol. The van der Waals surface area contributed by atoms with Gasteiger partial charge < -0.3 is 14.6 Å². The maximum Gasteiger partial charge on any atom is 0.337 e. The second-order valence-electron chi connectivity index (χ2n) is 5.10. The van der Waals surface area contributed by atoms with Gasteiger partial charge in [-0.05, 0) is 18.6 Å². The number of aromatic nitrogens is 2. The lowest BCUT2D eigenvalue weighted by atomic mass is 10.1.